The Morgan fingerprint density at radius 1 is 0.900 bits per heavy atom. The summed E-state index contributed by atoms with van der Waals surface area (Å²) in [6, 6.07) is 13.4. The number of Topliss-reactive ketones (excluding diaryl/α,β-unsaturated/α-hetero) is 1. The molecule has 2 aromatic carbocycles. The van der Waals surface area contributed by atoms with Crippen LogP contribution in [0, 0.1) is 0 Å². The molecule has 2 rings (SSSR count). The van der Waals surface area contributed by atoms with Gasteiger partial charge in [-0.05, 0) is 48.4 Å². The molecule has 2 aromatic rings. The van der Waals surface area contributed by atoms with Crippen LogP contribution in [-0.2, 0) is 4.74 Å². The van der Waals surface area contributed by atoms with Gasteiger partial charge in [0.15, 0.2) is 5.78 Å². The fourth-order valence-electron chi connectivity index (χ4n) is 2.55. The van der Waals surface area contributed by atoms with Gasteiger partial charge >= 0.3 is 6.09 Å². The van der Waals surface area contributed by atoms with Crippen LogP contribution in [0.25, 0.3) is 0 Å². The second-order valence-corrected chi connectivity index (χ2v) is 6.50. The van der Waals surface area contributed by atoms with Gasteiger partial charge in [0.1, 0.15) is 17.6 Å². The number of aliphatic hydroxyl groups excluding tert-OH is 1. The minimum atomic E-state index is -1.19. The number of methoxy groups -OCH3 is 2. The van der Waals surface area contributed by atoms with Gasteiger partial charge in [0, 0.05) is 5.56 Å². The predicted molar refractivity (Wildman–Crippen MR) is 115 cm³/mol. The molecule has 1 amide bonds. The first-order valence-corrected chi connectivity index (χ1v) is 9.85. The van der Waals surface area contributed by atoms with Crippen molar-refractivity contribution in [3.05, 3.63) is 59.7 Å². The predicted octanol–water partition coefficient (Wildman–Crippen LogP) is 4.28. The van der Waals surface area contributed by atoms with Crippen LogP contribution in [0.15, 0.2) is 48.5 Å². The highest BCUT2D eigenvalue weighted by atomic mass is 16.5. The molecule has 0 bridgehead atoms. The minimum absolute atomic E-state index is 0.349. The summed E-state index contributed by atoms with van der Waals surface area (Å²) >= 11 is 0. The van der Waals surface area contributed by atoms with Crippen LogP contribution in [0.2, 0.25) is 0 Å². The Bertz CT molecular complexity index is 758. The summed E-state index contributed by atoms with van der Waals surface area (Å²) in [6.07, 6.45) is 2.57. The van der Waals surface area contributed by atoms with Crippen LogP contribution in [0.3, 0.4) is 0 Å². The molecule has 0 radical (unpaired) electrons. The van der Waals surface area contributed by atoms with E-state index in [1.165, 1.54) is 12.8 Å². The Balaban J connectivity index is 0.000000382. The number of carbonyl (C=O) groups is 2. The van der Waals surface area contributed by atoms with E-state index in [1.807, 2.05) is 0 Å². The molecular formula is C23H31NO6. The van der Waals surface area contributed by atoms with Crippen molar-refractivity contribution in [2.75, 3.05) is 20.8 Å². The Labute approximate surface area is 177 Å². The molecule has 7 nitrogen and oxygen atoms in total. The fourth-order valence-corrected chi connectivity index (χ4v) is 2.55. The normalized spacial score (nSPS) is 10.9. The number of primary amides is 1. The number of ether oxygens (including phenoxy) is 3. The third-order valence-electron chi connectivity index (χ3n) is 4.30. The number of rotatable bonds is 10. The largest absolute Gasteiger partial charge is 0.497 e. The lowest BCUT2D eigenvalue weighted by molar-refractivity contribution is 0.0747. The highest BCUT2D eigenvalue weighted by molar-refractivity contribution is 5.99. The zero-order chi connectivity index (χ0) is 22.4. The molecule has 0 saturated heterocycles. The standard InChI is InChI=1S/C16H16O4.C7H15NO2/c1-19-13-7-3-11(4-8-13)15(17)16(18)12-5-9-14(20-2)10-6-12;1-2-3-4-5-6-10-7(8)9/h3-10,15,17H,1-2H3;2-6H2,1H3,(H2,8,9). The second-order valence-electron chi connectivity index (χ2n) is 6.50. The number of benzene rings is 2. The van der Waals surface area contributed by atoms with Gasteiger partial charge in [0.2, 0.25) is 0 Å². The fraction of sp³-hybridized carbons (Fsp3) is 0.391. The summed E-state index contributed by atoms with van der Waals surface area (Å²) in [6.45, 7) is 2.60. The van der Waals surface area contributed by atoms with Crippen molar-refractivity contribution in [1.29, 1.82) is 0 Å². The summed E-state index contributed by atoms with van der Waals surface area (Å²) in [5, 5.41) is 10.1. The van der Waals surface area contributed by atoms with E-state index in [2.05, 4.69) is 11.7 Å². The minimum Gasteiger partial charge on any atom is -0.497 e. The Kier molecular flexibility index (Phi) is 11.7. The summed E-state index contributed by atoms with van der Waals surface area (Å²) < 4.78 is 14.6. The van der Waals surface area contributed by atoms with Crippen molar-refractivity contribution in [3.8, 4) is 11.5 Å². The molecule has 0 spiro atoms. The molecular weight excluding hydrogens is 386 g/mol. The first-order valence-electron chi connectivity index (χ1n) is 9.85. The smallest absolute Gasteiger partial charge is 0.404 e. The zero-order valence-corrected chi connectivity index (χ0v) is 17.8. The van der Waals surface area contributed by atoms with Gasteiger partial charge in [-0.2, -0.15) is 0 Å². The van der Waals surface area contributed by atoms with Crippen molar-refractivity contribution in [3.63, 3.8) is 0 Å². The lowest BCUT2D eigenvalue weighted by Crippen LogP contribution is -2.13. The summed E-state index contributed by atoms with van der Waals surface area (Å²) in [5.74, 6) is 0.996. The average Bonchev–Trinajstić information content (AvgIpc) is 2.78. The van der Waals surface area contributed by atoms with Crippen LogP contribution < -0.4 is 15.2 Å². The highest BCUT2D eigenvalue weighted by Gasteiger charge is 2.19. The van der Waals surface area contributed by atoms with E-state index in [0.717, 1.165) is 12.8 Å². The van der Waals surface area contributed by atoms with E-state index in [0.29, 0.717) is 29.2 Å². The lowest BCUT2D eigenvalue weighted by atomic mass is 10.00. The number of unbranched alkanes of at least 4 members (excludes halogenated alkanes) is 3. The highest BCUT2D eigenvalue weighted by Crippen LogP contribution is 2.22. The van der Waals surface area contributed by atoms with E-state index in [-0.39, 0.29) is 5.78 Å². The average molecular weight is 418 g/mol. The molecule has 0 heterocycles. The summed E-state index contributed by atoms with van der Waals surface area (Å²) in [4.78, 5) is 22.2. The Hall–Kier alpha value is -3.06. The maximum absolute atomic E-state index is 12.2. The van der Waals surface area contributed by atoms with Crippen LogP contribution in [0.5, 0.6) is 11.5 Å². The number of hydrogen-bond acceptors (Lipinski definition) is 6. The van der Waals surface area contributed by atoms with E-state index in [1.54, 1.807) is 62.8 Å². The molecule has 1 unspecified atom stereocenters. The first-order chi connectivity index (χ1) is 14.4. The summed E-state index contributed by atoms with van der Waals surface area (Å²) in [5.41, 5.74) is 5.72. The van der Waals surface area contributed by atoms with E-state index in [4.69, 9.17) is 15.2 Å². The summed E-state index contributed by atoms with van der Waals surface area (Å²) in [7, 11) is 3.12. The van der Waals surface area contributed by atoms with Crippen molar-refractivity contribution >= 4 is 11.9 Å². The SMILES string of the molecule is CCCCCCOC(N)=O.COc1ccc(C(=O)C(O)c2ccc(OC)cc2)cc1. The van der Waals surface area contributed by atoms with Crippen LogP contribution >= 0.6 is 0 Å². The number of carbonyl (C=O) groups excluding carboxylic acids is 2. The first kappa shape index (κ1) is 25.0. The van der Waals surface area contributed by atoms with Gasteiger partial charge in [-0.1, -0.05) is 38.3 Å². The van der Waals surface area contributed by atoms with Crippen LogP contribution in [0.1, 0.15) is 54.6 Å². The van der Waals surface area contributed by atoms with Crippen molar-refractivity contribution in [1.82, 2.24) is 0 Å². The van der Waals surface area contributed by atoms with Gasteiger partial charge in [-0.25, -0.2) is 4.79 Å². The second kappa shape index (κ2) is 14.0. The van der Waals surface area contributed by atoms with Gasteiger partial charge in [0.25, 0.3) is 0 Å². The molecule has 164 valence electrons. The maximum atomic E-state index is 12.2. The third kappa shape index (κ3) is 8.96. The van der Waals surface area contributed by atoms with Gasteiger partial charge in [-0.15, -0.1) is 0 Å². The number of amides is 1. The molecule has 0 saturated carbocycles. The quantitative estimate of drug-likeness (QED) is 0.441. The van der Waals surface area contributed by atoms with Crippen LogP contribution in [-0.4, -0.2) is 37.8 Å². The van der Waals surface area contributed by atoms with E-state index >= 15 is 0 Å². The monoisotopic (exact) mass is 417 g/mol. The Morgan fingerprint density at radius 3 is 1.90 bits per heavy atom. The molecule has 0 aliphatic carbocycles. The molecule has 0 fully saturated rings. The van der Waals surface area contributed by atoms with E-state index in [9.17, 15) is 14.7 Å². The van der Waals surface area contributed by atoms with Gasteiger partial charge in [-0.3, -0.25) is 4.79 Å². The van der Waals surface area contributed by atoms with Gasteiger partial charge in [0.05, 0.1) is 20.8 Å². The van der Waals surface area contributed by atoms with Crippen LogP contribution in [0.4, 0.5) is 4.79 Å². The Morgan fingerprint density at radius 2 is 1.43 bits per heavy atom. The maximum Gasteiger partial charge on any atom is 0.404 e. The molecule has 7 heteroatoms. The number of nitrogens with two attached hydrogens (primary N) is 1. The van der Waals surface area contributed by atoms with Crippen molar-refractivity contribution in [2.45, 2.75) is 38.7 Å². The number of aliphatic hydroxyl groups is 1. The third-order valence-corrected chi connectivity index (χ3v) is 4.30. The zero-order valence-electron chi connectivity index (χ0n) is 17.8. The molecule has 0 aliphatic heterocycles. The van der Waals surface area contributed by atoms with Crippen molar-refractivity contribution < 1.29 is 28.9 Å². The number of hydrogen-bond donors (Lipinski definition) is 2. The number of ketones is 1. The molecule has 30 heavy (non-hydrogen) atoms. The molecule has 1 atom stereocenters. The molecule has 0 aliphatic rings. The molecule has 3 N–H and O–H groups in total. The topological polar surface area (TPSA) is 108 Å². The lowest BCUT2D eigenvalue weighted by Gasteiger charge is -2.11. The van der Waals surface area contributed by atoms with Crippen molar-refractivity contribution in [2.24, 2.45) is 5.73 Å². The van der Waals surface area contributed by atoms with Gasteiger partial charge < -0.3 is 25.1 Å². The van der Waals surface area contributed by atoms with E-state index < -0.39 is 12.2 Å². The molecule has 0 aromatic heterocycles.